The summed E-state index contributed by atoms with van der Waals surface area (Å²) in [6, 6.07) is 5.09. The van der Waals surface area contributed by atoms with Crippen molar-refractivity contribution < 1.29 is 14.7 Å². The molecular weight excluding hydrogens is 218 g/mol. The van der Waals surface area contributed by atoms with Crippen LogP contribution in [0.15, 0.2) is 24.3 Å². The minimum absolute atomic E-state index is 0.462. The molecule has 0 bridgehead atoms. The fourth-order valence-electron chi connectivity index (χ4n) is 0.995. The highest BCUT2D eigenvalue weighted by atomic mass is 35.5. The molecule has 0 unspecified atom stereocenters. The Labute approximate surface area is 92.1 Å². The predicted molar refractivity (Wildman–Crippen MR) is 57.0 cm³/mol. The van der Waals surface area contributed by atoms with Gasteiger partial charge in [-0.3, -0.25) is 10.0 Å². The van der Waals surface area contributed by atoms with Gasteiger partial charge in [0.25, 0.3) is 5.91 Å². The van der Waals surface area contributed by atoms with Crippen LogP contribution >= 0.6 is 11.6 Å². The van der Waals surface area contributed by atoms with E-state index in [0.717, 1.165) is 5.56 Å². The molecule has 0 heterocycles. The van der Waals surface area contributed by atoms with Crippen LogP contribution in [0.3, 0.4) is 0 Å². The molecule has 1 aromatic carbocycles. The molecule has 0 aliphatic heterocycles. The SMILES string of the molecule is COc1ccc(C=CC(=O)NO)cc1Cl. The van der Waals surface area contributed by atoms with Crippen molar-refractivity contribution >= 4 is 23.6 Å². The molecule has 80 valence electrons. The molecule has 0 aromatic heterocycles. The number of halogens is 1. The number of nitrogens with one attached hydrogen (secondary N) is 1. The van der Waals surface area contributed by atoms with Crippen molar-refractivity contribution in [3.63, 3.8) is 0 Å². The zero-order valence-electron chi connectivity index (χ0n) is 8.03. The molecule has 1 amide bonds. The summed E-state index contributed by atoms with van der Waals surface area (Å²) in [6.45, 7) is 0. The lowest BCUT2D eigenvalue weighted by atomic mass is 10.2. The first-order valence-electron chi connectivity index (χ1n) is 4.13. The number of benzene rings is 1. The number of hydrogen-bond donors (Lipinski definition) is 2. The summed E-state index contributed by atoms with van der Waals surface area (Å²) in [5, 5.41) is 8.71. The van der Waals surface area contributed by atoms with Crippen LogP contribution in [0.1, 0.15) is 5.56 Å². The molecule has 15 heavy (non-hydrogen) atoms. The Morgan fingerprint density at radius 1 is 1.60 bits per heavy atom. The second-order valence-electron chi connectivity index (χ2n) is 2.70. The fourth-order valence-corrected chi connectivity index (χ4v) is 1.26. The number of methoxy groups -OCH3 is 1. The van der Waals surface area contributed by atoms with Gasteiger partial charge in [-0.1, -0.05) is 17.7 Å². The molecule has 2 N–H and O–H groups in total. The average Bonchev–Trinajstić information content (AvgIpc) is 2.26. The van der Waals surface area contributed by atoms with Crippen molar-refractivity contribution in [3.8, 4) is 5.75 Å². The van der Waals surface area contributed by atoms with Gasteiger partial charge in [-0.15, -0.1) is 0 Å². The highest BCUT2D eigenvalue weighted by molar-refractivity contribution is 6.32. The van der Waals surface area contributed by atoms with E-state index in [1.54, 1.807) is 18.2 Å². The summed E-state index contributed by atoms with van der Waals surface area (Å²) in [5.41, 5.74) is 2.23. The second-order valence-corrected chi connectivity index (χ2v) is 3.11. The van der Waals surface area contributed by atoms with Gasteiger partial charge < -0.3 is 4.74 Å². The fraction of sp³-hybridized carbons (Fsp3) is 0.100. The summed E-state index contributed by atoms with van der Waals surface area (Å²) < 4.78 is 4.97. The lowest BCUT2D eigenvalue weighted by molar-refractivity contribution is -0.124. The number of hydrogen-bond acceptors (Lipinski definition) is 3. The first kappa shape index (κ1) is 11.6. The van der Waals surface area contributed by atoms with E-state index in [4.69, 9.17) is 21.5 Å². The first-order chi connectivity index (χ1) is 7.17. The quantitative estimate of drug-likeness (QED) is 0.471. The maximum absolute atomic E-state index is 10.7. The summed E-state index contributed by atoms with van der Waals surface area (Å²) in [7, 11) is 1.52. The summed E-state index contributed by atoms with van der Waals surface area (Å²) >= 11 is 5.87. The van der Waals surface area contributed by atoms with Gasteiger partial charge in [0.2, 0.25) is 0 Å². The first-order valence-corrected chi connectivity index (χ1v) is 4.51. The third-order valence-corrected chi connectivity index (χ3v) is 2.01. The zero-order chi connectivity index (χ0) is 11.3. The highest BCUT2D eigenvalue weighted by Gasteiger charge is 1.99. The van der Waals surface area contributed by atoms with Crippen LogP contribution < -0.4 is 10.2 Å². The number of carbonyl (C=O) groups is 1. The van der Waals surface area contributed by atoms with Crippen LogP contribution in [0.2, 0.25) is 5.02 Å². The van der Waals surface area contributed by atoms with Crippen molar-refractivity contribution in [2.45, 2.75) is 0 Å². The van der Waals surface area contributed by atoms with Crippen molar-refractivity contribution in [2.24, 2.45) is 0 Å². The van der Waals surface area contributed by atoms with E-state index in [0.29, 0.717) is 10.8 Å². The molecule has 5 heteroatoms. The average molecular weight is 228 g/mol. The van der Waals surface area contributed by atoms with E-state index in [2.05, 4.69) is 0 Å². The minimum atomic E-state index is -0.595. The molecule has 1 rings (SSSR count). The van der Waals surface area contributed by atoms with Crippen molar-refractivity contribution in [1.82, 2.24) is 5.48 Å². The normalized spacial score (nSPS) is 10.3. The van der Waals surface area contributed by atoms with E-state index < -0.39 is 5.91 Å². The van der Waals surface area contributed by atoms with Gasteiger partial charge in [0.15, 0.2) is 0 Å². The molecule has 0 spiro atoms. The maximum atomic E-state index is 10.7. The monoisotopic (exact) mass is 227 g/mol. The van der Waals surface area contributed by atoms with Crippen LogP contribution in [-0.2, 0) is 4.79 Å². The van der Waals surface area contributed by atoms with E-state index in [1.165, 1.54) is 24.7 Å². The van der Waals surface area contributed by atoms with Crippen LogP contribution in [-0.4, -0.2) is 18.2 Å². The molecule has 1 aromatic rings. The van der Waals surface area contributed by atoms with Gasteiger partial charge in [0.05, 0.1) is 12.1 Å². The Balaban J connectivity index is 2.84. The Morgan fingerprint density at radius 3 is 2.87 bits per heavy atom. The highest BCUT2D eigenvalue weighted by Crippen LogP contribution is 2.25. The van der Waals surface area contributed by atoms with Crippen LogP contribution in [0.25, 0.3) is 6.08 Å². The molecular formula is C10H10ClNO3. The lowest BCUT2D eigenvalue weighted by Gasteiger charge is -2.02. The zero-order valence-corrected chi connectivity index (χ0v) is 8.78. The van der Waals surface area contributed by atoms with Gasteiger partial charge >= 0.3 is 0 Å². The van der Waals surface area contributed by atoms with Crippen LogP contribution in [0.5, 0.6) is 5.75 Å². The second kappa shape index (κ2) is 5.38. The molecule has 0 aliphatic carbocycles. The standard InChI is InChI=1S/C10H10ClNO3/c1-15-9-4-2-7(6-8(9)11)3-5-10(13)12-14/h2-6,14H,1H3,(H,12,13). The van der Waals surface area contributed by atoms with Crippen molar-refractivity contribution in [1.29, 1.82) is 0 Å². The van der Waals surface area contributed by atoms with E-state index in [-0.39, 0.29) is 0 Å². The molecule has 4 nitrogen and oxygen atoms in total. The summed E-state index contributed by atoms with van der Waals surface area (Å²) in [4.78, 5) is 10.7. The Kier molecular flexibility index (Phi) is 4.15. The van der Waals surface area contributed by atoms with Gasteiger partial charge in [0.1, 0.15) is 5.75 Å². The van der Waals surface area contributed by atoms with Gasteiger partial charge in [-0.2, -0.15) is 0 Å². The largest absolute Gasteiger partial charge is 0.495 e. The van der Waals surface area contributed by atoms with Crippen LogP contribution in [0.4, 0.5) is 0 Å². The predicted octanol–water partition coefficient (Wildman–Crippen LogP) is 1.87. The van der Waals surface area contributed by atoms with Crippen molar-refractivity contribution in [2.75, 3.05) is 7.11 Å². The topological polar surface area (TPSA) is 58.6 Å². The third kappa shape index (κ3) is 3.27. The molecule has 0 radical (unpaired) electrons. The Bertz CT molecular complexity index is 390. The van der Waals surface area contributed by atoms with E-state index >= 15 is 0 Å². The molecule has 0 saturated carbocycles. The maximum Gasteiger partial charge on any atom is 0.267 e. The van der Waals surface area contributed by atoms with Gasteiger partial charge in [0, 0.05) is 6.08 Å². The van der Waals surface area contributed by atoms with Crippen LogP contribution in [0, 0.1) is 0 Å². The number of rotatable bonds is 3. The molecule has 0 atom stereocenters. The molecule has 0 fully saturated rings. The summed E-state index contributed by atoms with van der Waals surface area (Å²) in [6.07, 6.45) is 2.72. The molecule has 0 aliphatic rings. The summed E-state index contributed by atoms with van der Waals surface area (Å²) in [5.74, 6) is -0.0256. The Hall–Kier alpha value is -1.52. The Morgan fingerprint density at radius 2 is 2.33 bits per heavy atom. The smallest absolute Gasteiger partial charge is 0.267 e. The van der Waals surface area contributed by atoms with Gasteiger partial charge in [-0.25, -0.2) is 5.48 Å². The number of amides is 1. The number of carbonyl (C=O) groups excluding carboxylic acids is 1. The van der Waals surface area contributed by atoms with Crippen molar-refractivity contribution in [3.05, 3.63) is 34.9 Å². The van der Waals surface area contributed by atoms with Gasteiger partial charge in [-0.05, 0) is 23.8 Å². The van der Waals surface area contributed by atoms with E-state index in [9.17, 15) is 4.79 Å². The number of ether oxygens (including phenoxy) is 1. The minimum Gasteiger partial charge on any atom is -0.495 e. The van der Waals surface area contributed by atoms with E-state index in [1.807, 2.05) is 0 Å². The number of hydroxylamine groups is 1. The molecule has 0 saturated heterocycles. The third-order valence-electron chi connectivity index (χ3n) is 1.71. The lowest BCUT2D eigenvalue weighted by Crippen LogP contribution is -2.14.